The van der Waals surface area contributed by atoms with E-state index in [2.05, 4.69) is 5.32 Å². The molecule has 1 aliphatic heterocycles. The zero-order chi connectivity index (χ0) is 18.5. The second kappa shape index (κ2) is 7.95. The Morgan fingerprint density at radius 3 is 2.42 bits per heavy atom. The maximum Gasteiger partial charge on any atom is 0.229 e. The zero-order valence-corrected chi connectivity index (χ0v) is 14.8. The fourth-order valence-electron chi connectivity index (χ4n) is 3.11. The molecule has 1 atom stereocenters. The molecule has 3 rings (SSSR count). The molecule has 0 aromatic heterocycles. The van der Waals surface area contributed by atoms with E-state index in [1.54, 1.807) is 29.2 Å². The summed E-state index contributed by atoms with van der Waals surface area (Å²) in [5.41, 5.74) is 2.42. The van der Waals surface area contributed by atoms with Crippen molar-refractivity contribution >= 4 is 23.3 Å². The molecule has 0 bridgehead atoms. The maximum absolute atomic E-state index is 12.4. The molecule has 2 amide bonds. The summed E-state index contributed by atoms with van der Waals surface area (Å²) in [4.78, 5) is 37.7. The van der Waals surface area contributed by atoms with Crippen molar-refractivity contribution in [2.45, 2.75) is 19.8 Å². The molecule has 26 heavy (non-hydrogen) atoms. The number of carbonyl (C=O) groups excluding carboxylic acids is 3. The largest absolute Gasteiger partial charge is 0.342 e. The Bertz CT molecular complexity index is 800. The summed E-state index contributed by atoms with van der Waals surface area (Å²) in [5, 5.41) is 2.84. The molecule has 1 heterocycles. The molecular weight excluding hydrogens is 328 g/mol. The Morgan fingerprint density at radius 1 is 1.08 bits per heavy atom. The zero-order valence-electron chi connectivity index (χ0n) is 14.8. The topological polar surface area (TPSA) is 66.5 Å². The third-order valence-electron chi connectivity index (χ3n) is 4.66. The summed E-state index contributed by atoms with van der Waals surface area (Å²) in [5.74, 6) is -0.492. The number of nitrogens with one attached hydrogen (secondary N) is 1. The normalized spacial score (nSPS) is 16.6. The lowest BCUT2D eigenvalue weighted by Crippen LogP contribution is -2.30. The third kappa shape index (κ3) is 4.36. The predicted octanol–water partition coefficient (Wildman–Crippen LogP) is 2.92. The third-order valence-corrected chi connectivity index (χ3v) is 4.66. The summed E-state index contributed by atoms with van der Waals surface area (Å²) in [6, 6.07) is 16.8. The van der Waals surface area contributed by atoms with Gasteiger partial charge in [-0.1, -0.05) is 30.3 Å². The van der Waals surface area contributed by atoms with Crippen LogP contribution in [0, 0.1) is 5.92 Å². The summed E-state index contributed by atoms with van der Waals surface area (Å²) in [6.07, 6.45) is 1.03. The van der Waals surface area contributed by atoms with Gasteiger partial charge in [-0.2, -0.15) is 0 Å². The first kappa shape index (κ1) is 17.9. The van der Waals surface area contributed by atoms with Gasteiger partial charge in [-0.3, -0.25) is 14.4 Å². The Balaban J connectivity index is 1.54. The van der Waals surface area contributed by atoms with Gasteiger partial charge in [-0.25, -0.2) is 0 Å². The molecule has 0 spiro atoms. The van der Waals surface area contributed by atoms with Crippen LogP contribution < -0.4 is 5.32 Å². The first-order valence-corrected chi connectivity index (χ1v) is 8.76. The highest BCUT2D eigenvalue weighted by Gasteiger charge is 2.33. The van der Waals surface area contributed by atoms with Gasteiger partial charge < -0.3 is 10.2 Å². The van der Waals surface area contributed by atoms with E-state index in [9.17, 15) is 14.4 Å². The smallest absolute Gasteiger partial charge is 0.229 e. The van der Waals surface area contributed by atoms with Crippen LogP contribution in [0.25, 0.3) is 0 Å². The molecule has 5 nitrogen and oxygen atoms in total. The molecule has 1 fully saturated rings. The molecule has 2 aromatic rings. The van der Waals surface area contributed by atoms with Crippen LogP contribution in [0.1, 0.15) is 29.3 Å². The molecule has 1 aliphatic rings. The lowest BCUT2D eigenvalue weighted by molar-refractivity contribution is -0.128. The Labute approximate surface area is 153 Å². The highest BCUT2D eigenvalue weighted by molar-refractivity contribution is 5.98. The molecule has 1 N–H and O–H groups in total. The van der Waals surface area contributed by atoms with E-state index < -0.39 is 0 Å². The standard InChI is InChI=1S/C21H22N2O3/c1-15(24)17-7-9-19(10-8-17)22-21(26)18-13-20(25)23(14-18)12-11-16-5-3-2-4-6-16/h2-10,18H,11-14H2,1H3,(H,22,26). The van der Waals surface area contributed by atoms with Gasteiger partial charge in [-0.15, -0.1) is 0 Å². The van der Waals surface area contributed by atoms with Crippen molar-refractivity contribution in [2.24, 2.45) is 5.92 Å². The van der Waals surface area contributed by atoms with Crippen LogP contribution in [0.2, 0.25) is 0 Å². The number of carbonyl (C=O) groups is 3. The van der Waals surface area contributed by atoms with Crippen molar-refractivity contribution in [1.82, 2.24) is 4.90 Å². The van der Waals surface area contributed by atoms with Crippen molar-refractivity contribution in [1.29, 1.82) is 0 Å². The van der Waals surface area contributed by atoms with Gasteiger partial charge >= 0.3 is 0 Å². The van der Waals surface area contributed by atoms with Gasteiger partial charge in [0.25, 0.3) is 0 Å². The van der Waals surface area contributed by atoms with Crippen LogP contribution in [0.4, 0.5) is 5.69 Å². The van der Waals surface area contributed by atoms with E-state index in [-0.39, 0.29) is 29.9 Å². The average Bonchev–Trinajstić information content (AvgIpc) is 3.02. The number of ketones is 1. The van der Waals surface area contributed by atoms with Gasteiger partial charge in [0.15, 0.2) is 5.78 Å². The summed E-state index contributed by atoms with van der Waals surface area (Å²) >= 11 is 0. The average molecular weight is 350 g/mol. The van der Waals surface area contributed by atoms with Crippen LogP contribution in [-0.4, -0.2) is 35.6 Å². The van der Waals surface area contributed by atoms with Crippen LogP contribution in [-0.2, 0) is 16.0 Å². The second-order valence-corrected chi connectivity index (χ2v) is 6.60. The van der Waals surface area contributed by atoms with Gasteiger partial charge in [0.2, 0.25) is 11.8 Å². The Kier molecular flexibility index (Phi) is 5.46. The number of benzene rings is 2. The minimum absolute atomic E-state index is 0.0154. The Hall–Kier alpha value is -2.95. The Morgan fingerprint density at radius 2 is 1.77 bits per heavy atom. The second-order valence-electron chi connectivity index (χ2n) is 6.60. The fraction of sp³-hybridized carbons (Fsp3) is 0.286. The molecule has 5 heteroatoms. The van der Waals surface area contributed by atoms with Gasteiger partial charge in [-0.05, 0) is 43.2 Å². The molecule has 0 aliphatic carbocycles. The van der Waals surface area contributed by atoms with Crippen LogP contribution in [0.5, 0.6) is 0 Å². The summed E-state index contributed by atoms with van der Waals surface area (Å²) in [7, 11) is 0. The van der Waals surface area contributed by atoms with Crippen molar-refractivity contribution in [2.75, 3.05) is 18.4 Å². The molecule has 1 saturated heterocycles. The predicted molar refractivity (Wildman–Crippen MR) is 99.9 cm³/mol. The number of anilines is 1. The lowest BCUT2D eigenvalue weighted by Gasteiger charge is -2.16. The summed E-state index contributed by atoms with van der Waals surface area (Å²) < 4.78 is 0. The van der Waals surface area contributed by atoms with Crippen molar-refractivity contribution in [3.05, 3.63) is 65.7 Å². The van der Waals surface area contributed by atoms with Gasteiger partial charge in [0.05, 0.1) is 5.92 Å². The van der Waals surface area contributed by atoms with E-state index in [1.807, 2.05) is 30.3 Å². The maximum atomic E-state index is 12.4. The lowest BCUT2D eigenvalue weighted by atomic mass is 10.1. The van der Waals surface area contributed by atoms with Crippen LogP contribution in [0.3, 0.4) is 0 Å². The molecule has 1 unspecified atom stereocenters. The van der Waals surface area contributed by atoms with Crippen molar-refractivity contribution in [3.63, 3.8) is 0 Å². The number of nitrogens with zero attached hydrogens (tertiary/aromatic N) is 1. The first-order valence-electron chi connectivity index (χ1n) is 8.76. The number of hydrogen-bond donors (Lipinski definition) is 1. The van der Waals surface area contributed by atoms with Crippen molar-refractivity contribution in [3.8, 4) is 0 Å². The number of likely N-dealkylation sites (tertiary alicyclic amines) is 1. The van der Waals surface area contributed by atoms with E-state index in [1.165, 1.54) is 12.5 Å². The summed E-state index contributed by atoms with van der Waals surface area (Å²) in [6.45, 7) is 2.57. The van der Waals surface area contributed by atoms with E-state index in [0.717, 1.165) is 6.42 Å². The number of rotatable bonds is 6. The highest BCUT2D eigenvalue weighted by atomic mass is 16.2. The molecule has 134 valence electrons. The SMILES string of the molecule is CC(=O)c1ccc(NC(=O)C2CC(=O)N(CCc3ccccc3)C2)cc1. The molecule has 2 aromatic carbocycles. The van der Waals surface area contributed by atoms with Gasteiger partial charge in [0.1, 0.15) is 0 Å². The van der Waals surface area contributed by atoms with E-state index in [4.69, 9.17) is 0 Å². The van der Waals surface area contributed by atoms with E-state index in [0.29, 0.717) is 24.3 Å². The minimum Gasteiger partial charge on any atom is -0.342 e. The molecular formula is C21H22N2O3. The molecule has 0 radical (unpaired) electrons. The van der Waals surface area contributed by atoms with Crippen molar-refractivity contribution < 1.29 is 14.4 Å². The quantitative estimate of drug-likeness (QED) is 0.815. The first-order chi connectivity index (χ1) is 12.5. The highest BCUT2D eigenvalue weighted by Crippen LogP contribution is 2.20. The number of Topliss-reactive ketones (excluding diaryl/α,β-unsaturated/α-hetero) is 1. The number of hydrogen-bond acceptors (Lipinski definition) is 3. The monoisotopic (exact) mass is 350 g/mol. The van der Waals surface area contributed by atoms with Crippen LogP contribution in [0.15, 0.2) is 54.6 Å². The fourth-order valence-corrected chi connectivity index (χ4v) is 3.11. The number of amides is 2. The molecule has 0 saturated carbocycles. The van der Waals surface area contributed by atoms with Gasteiger partial charge in [0, 0.05) is 30.8 Å². The van der Waals surface area contributed by atoms with E-state index >= 15 is 0 Å². The van der Waals surface area contributed by atoms with Crippen LogP contribution >= 0.6 is 0 Å². The minimum atomic E-state index is -0.342.